The third-order valence-corrected chi connectivity index (χ3v) is 6.87. The van der Waals surface area contributed by atoms with Crippen molar-refractivity contribution in [2.24, 2.45) is 12.5 Å². The lowest BCUT2D eigenvalue weighted by atomic mass is 9.72. The molecule has 1 fully saturated rings. The summed E-state index contributed by atoms with van der Waals surface area (Å²) in [5.74, 6) is 0. The van der Waals surface area contributed by atoms with E-state index in [0.717, 1.165) is 0 Å². The predicted molar refractivity (Wildman–Crippen MR) is 109 cm³/mol. The molecule has 1 aromatic heterocycles. The van der Waals surface area contributed by atoms with Crippen LogP contribution in [0.15, 0.2) is 30.5 Å². The zero-order chi connectivity index (χ0) is 18.5. The standard InChI is InChI=1S/C25H34N/c1-18-13-19-15-25(11-7-6-8-12-25)16-20(19)14-22(18)23-10-9-21(17-26(23)5)24(2,3)4/h9-10,13-14,17H,6-8,11-12,15-16H2,1-5H3/q+1. The Hall–Kier alpha value is -1.63. The van der Waals surface area contributed by atoms with Gasteiger partial charge in [-0.25, -0.2) is 4.57 Å². The Balaban J connectivity index is 1.71. The smallest absolute Gasteiger partial charge is 0.201 e. The van der Waals surface area contributed by atoms with Gasteiger partial charge in [-0.15, -0.1) is 0 Å². The molecular weight excluding hydrogens is 314 g/mol. The molecule has 2 aromatic rings. The summed E-state index contributed by atoms with van der Waals surface area (Å²) in [5, 5.41) is 0. The highest BCUT2D eigenvalue weighted by Crippen LogP contribution is 2.48. The molecule has 2 aliphatic carbocycles. The molecule has 2 aliphatic rings. The van der Waals surface area contributed by atoms with Gasteiger partial charge in [-0.05, 0) is 72.3 Å². The lowest BCUT2D eigenvalue weighted by molar-refractivity contribution is -0.661. The fourth-order valence-electron chi connectivity index (χ4n) is 5.27. The molecule has 1 saturated carbocycles. The largest absolute Gasteiger partial charge is 0.212 e. The second-order valence-electron chi connectivity index (χ2n) is 10.0. The second kappa shape index (κ2) is 6.22. The Morgan fingerprint density at radius 2 is 1.58 bits per heavy atom. The van der Waals surface area contributed by atoms with E-state index in [0.29, 0.717) is 5.41 Å². The monoisotopic (exact) mass is 348 g/mol. The van der Waals surface area contributed by atoms with Crippen molar-refractivity contribution < 1.29 is 4.57 Å². The van der Waals surface area contributed by atoms with Crippen LogP contribution in [0.1, 0.15) is 75.1 Å². The summed E-state index contributed by atoms with van der Waals surface area (Å²) in [5.41, 5.74) is 9.59. The number of nitrogens with zero attached hydrogens (tertiary/aromatic N) is 1. The first kappa shape index (κ1) is 17.8. The minimum Gasteiger partial charge on any atom is -0.201 e. The summed E-state index contributed by atoms with van der Waals surface area (Å²) < 4.78 is 2.32. The molecule has 138 valence electrons. The van der Waals surface area contributed by atoms with E-state index in [4.69, 9.17) is 0 Å². The molecule has 4 rings (SSSR count). The predicted octanol–water partition coefficient (Wildman–Crippen LogP) is 5.83. The van der Waals surface area contributed by atoms with Crippen molar-refractivity contribution >= 4 is 0 Å². The number of hydrogen-bond donors (Lipinski definition) is 0. The number of hydrogen-bond acceptors (Lipinski definition) is 0. The zero-order valence-corrected chi connectivity index (χ0v) is 17.3. The van der Waals surface area contributed by atoms with Crippen LogP contribution >= 0.6 is 0 Å². The van der Waals surface area contributed by atoms with Gasteiger partial charge in [-0.3, -0.25) is 0 Å². The number of benzene rings is 1. The molecule has 0 aliphatic heterocycles. The zero-order valence-electron chi connectivity index (χ0n) is 17.3. The SMILES string of the molecule is Cc1cc2c(cc1-c1ccc(C(C)(C)C)c[n+]1C)CC1(CCCCC1)C2. The lowest BCUT2D eigenvalue weighted by Crippen LogP contribution is -2.33. The maximum absolute atomic E-state index is 2.51. The van der Waals surface area contributed by atoms with E-state index < -0.39 is 0 Å². The molecule has 1 heterocycles. The average Bonchev–Trinajstić information content (AvgIpc) is 2.90. The Morgan fingerprint density at radius 3 is 2.19 bits per heavy atom. The van der Waals surface area contributed by atoms with Gasteiger partial charge in [0.2, 0.25) is 5.69 Å². The van der Waals surface area contributed by atoms with Crippen molar-refractivity contribution in [3.8, 4) is 11.3 Å². The van der Waals surface area contributed by atoms with Crippen molar-refractivity contribution in [3.63, 3.8) is 0 Å². The van der Waals surface area contributed by atoms with Crippen molar-refractivity contribution in [1.82, 2.24) is 0 Å². The van der Waals surface area contributed by atoms with E-state index >= 15 is 0 Å². The fourth-order valence-corrected chi connectivity index (χ4v) is 5.27. The normalized spacial score (nSPS) is 19.0. The van der Waals surface area contributed by atoms with Gasteiger partial charge in [-0.2, -0.15) is 0 Å². The van der Waals surface area contributed by atoms with Crippen molar-refractivity contribution in [1.29, 1.82) is 0 Å². The summed E-state index contributed by atoms with van der Waals surface area (Å²) in [6, 6.07) is 9.64. The quantitative estimate of drug-likeness (QED) is 0.571. The molecule has 1 heteroatoms. The third-order valence-electron chi connectivity index (χ3n) is 6.87. The van der Waals surface area contributed by atoms with Gasteiger partial charge in [0, 0.05) is 17.2 Å². The Bertz CT molecular complexity index is 832. The molecule has 0 atom stereocenters. The molecule has 0 N–H and O–H groups in total. The van der Waals surface area contributed by atoms with Crippen molar-refractivity contribution in [2.45, 2.75) is 78.1 Å². The van der Waals surface area contributed by atoms with Gasteiger partial charge in [0.05, 0.1) is 0 Å². The summed E-state index contributed by atoms with van der Waals surface area (Å²) in [4.78, 5) is 0. The number of aryl methyl sites for hydroxylation is 2. The van der Waals surface area contributed by atoms with Crippen LogP contribution in [0, 0.1) is 12.3 Å². The molecule has 0 amide bonds. The van der Waals surface area contributed by atoms with E-state index in [-0.39, 0.29) is 5.41 Å². The van der Waals surface area contributed by atoms with Crippen molar-refractivity contribution in [3.05, 3.63) is 52.7 Å². The Morgan fingerprint density at radius 1 is 0.923 bits per heavy atom. The van der Waals surface area contributed by atoms with Gasteiger partial charge in [0.1, 0.15) is 7.05 Å². The maximum atomic E-state index is 2.51. The fraction of sp³-hybridized carbons (Fsp3) is 0.560. The number of aromatic nitrogens is 1. The summed E-state index contributed by atoms with van der Waals surface area (Å²) >= 11 is 0. The Kier molecular flexibility index (Phi) is 4.25. The van der Waals surface area contributed by atoms with Crippen LogP contribution in [-0.4, -0.2) is 0 Å². The molecule has 0 saturated heterocycles. The van der Waals surface area contributed by atoms with Gasteiger partial charge in [0.15, 0.2) is 6.20 Å². The highest BCUT2D eigenvalue weighted by Gasteiger charge is 2.38. The first-order valence-electron chi connectivity index (χ1n) is 10.4. The van der Waals surface area contributed by atoms with E-state index in [1.165, 1.54) is 67.3 Å². The summed E-state index contributed by atoms with van der Waals surface area (Å²) in [6.45, 7) is 9.14. The number of pyridine rings is 1. The van der Waals surface area contributed by atoms with Crippen LogP contribution in [0.5, 0.6) is 0 Å². The molecule has 0 radical (unpaired) electrons. The molecule has 1 spiro atoms. The third kappa shape index (κ3) is 3.10. The van der Waals surface area contributed by atoms with E-state index in [9.17, 15) is 0 Å². The highest BCUT2D eigenvalue weighted by atomic mass is 14.9. The average molecular weight is 349 g/mol. The van der Waals surface area contributed by atoms with Gasteiger partial charge >= 0.3 is 0 Å². The summed E-state index contributed by atoms with van der Waals surface area (Å²) in [7, 11) is 2.19. The molecular formula is C25H34N+. The van der Waals surface area contributed by atoms with Crippen LogP contribution in [0.25, 0.3) is 11.3 Å². The minimum atomic E-state index is 0.191. The van der Waals surface area contributed by atoms with Crippen molar-refractivity contribution in [2.75, 3.05) is 0 Å². The Labute approximate surface area is 159 Å². The van der Waals surface area contributed by atoms with Crippen LogP contribution in [0.3, 0.4) is 0 Å². The van der Waals surface area contributed by atoms with E-state index in [1.807, 2.05) is 0 Å². The van der Waals surface area contributed by atoms with Crippen LogP contribution < -0.4 is 4.57 Å². The van der Waals surface area contributed by atoms with Crippen LogP contribution in [0.4, 0.5) is 0 Å². The molecule has 1 nitrogen and oxygen atoms in total. The molecule has 1 aromatic carbocycles. The first-order valence-corrected chi connectivity index (χ1v) is 10.4. The topological polar surface area (TPSA) is 3.88 Å². The number of rotatable bonds is 1. The lowest BCUT2D eigenvalue weighted by Gasteiger charge is -2.33. The second-order valence-corrected chi connectivity index (χ2v) is 10.0. The highest BCUT2D eigenvalue weighted by molar-refractivity contribution is 5.64. The molecule has 0 unspecified atom stereocenters. The first-order chi connectivity index (χ1) is 12.3. The molecule has 26 heavy (non-hydrogen) atoms. The minimum absolute atomic E-state index is 0.191. The van der Waals surface area contributed by atoms with Crippen LogP contribution in [0.2, 0.25) is 0 Å². The van der Waals surface area contributed by atoms with Gasteiger partial charge in [-0.1, -0.05) is 46.1 Å². The number of fused-ring (bicyclic) bond motifs is 1. The van der Waals surface area contributed by atoms with E-state index in [2.05, 4.69) is 69.8 Å². The van der Waals surface area contributed by atoms with Crippen LogP contribution in [-0.2, 0) is 25.3 Å². The van der Waals surface area contributed by atoms with E-state index in [1.54, 1.807) is 11.1 Å². The maximum Gasteiger partial charge on any atom is 0.212 e. The molecule has 0 bridgehead atoms. The van der Waals surface area contributed by atoms with Gasteiger partial charge in [0.25, 0.3) is 0 Å². The summed E-state index contributed by atoms with van der Waals surface area (Å²) in [6.07, 6.45) is 12.1. The van der Waals surface area contributed by atoms with Gasteiger partial charge < -0.3 is 0 Å².